The molecule has 5 nitrogen and oxygen atoms in total. The van der Waals surface area contributed by atoms with Gasteiger partial charge in [0.25, 0.3) is 5.56 Å². The maximum absolute atomic E-state index is 11.5. The van der Waals surface area contributed by atoms with Gasteiger partial charge in [-0.05, 0) is 24.0 Å². The molecule has 0 atom stereocenters. The van der Waals surface area contributed by atoms with Crippen molar-refractivity contribution in [2.45, 2.75) is 26.4 Å². The van der Waals surface area contributed by atoms with Crippen LogP contribution in [0.3, 0.4) is 0 Å². The zero-order valence-corrected chi connectivity index (χ0v) is 10.4. The largest absolute Gasteiger partial charge is 0.378 e. The second kappa shape index (κ2) is 5.58. The maximum atomic E-state index is 11.5. The van der Waals surface area contributed by atoms with E-state index >= 15 is 0 Å². The smallest absolute Gasteiger partial charge is 0.250 e. The highest BCUT2D eigenvalue weighted by Gasteiger charge is 1.99. The first-order valence-corrected chi connectivity index (χ1v) is 6.33. The number of nitrogens with zero attached hydrogens (tertiary/aromatic N) is 3. The molecule has 0 saturated carbocycles. The van der Waals surface area contributed by atoms with Gasteiger partial charge in [-0.15, -0.1) is 5.10 Å². The summed E-state index contributed by atoms with van der Waals surface area (Å²) in [5, 5.41) is 9.06. The number of pyridine rings is 1. The minimum absolute atomic E-state index is 0.0349. The molecule has 0 aliphatic carbocycles. The number of rotatable bonds is 5. The average molecular weight is 250 g/mol. The van der Waals surface area contributed by atoms with E-state index in [1.165, 1.54) is 11.5 Å². The molecule has 0 fully saturated rings. The van der Waals surface area contributed by atoms with Crippen LogP contribution in [0.1, 0.15) is 19.0 Å². The van der Waals surface area contributed by atoms with E-state index in [4.69, 9.17) is 0 Å². The Hall–Kier alpha value is -1.69. The zero-order valence-electron chi connectivity index (χ0n) is 9.59. The molecule has 6 heteroatoms. The molecule has 1 N–H and O–H groups in total. The monoisotopic (exact) mass is 250 g/mol. The summed E-state index contributed by atoms with van der Waals surface area (Å²) in [7, 11) is 0. The van der Waals surface area contributed by atoms with Gasteiger partial charge in [-0.1, -0.05) is 11.4 Å². The molecule has 2 aromatic rings. The zero-order chi connectivity index (χ0) is 12.1. The molecule has 0 aromatic carbocycles. The Balaban J connectivity index is 2.06. The highest BCUT2D eigenvalue weighted by molar-refractivity contribution is 7.03. The normalized spacial score (nSPS) is 10.4. The minimum atomic E-state index is 0.0349. The van der Waals surface area contributed by atoms with Crippen LogP contribution in [0.15, 0.2) is 28.5 Å². The Morgan fingerprint density at radius 3 is 3.06 bits per heavy atom. The Labute approximate surface area is 103 Å². The van der Waals surface area contributed by atoms with E-state index in [9.17, 15) is 4.79 Å². The van der Waals surface area contributed by atoms with Crippen LogP contribution in [-0.2, 0) is 13.1 Å². The molecular weight excluding hydrogens is 236 g/mol. The lowest BCUT2D eigenvalue weighted by atomic mass is 10.3. The van der Waals surface area contributed by atoms with Gasteiger partial charge in [-0.3, -0.25) is 4.79 Å². The van der Waals surface area contributed by atoms with E-state index in [0.29, 0.717) is 6.54 Å². The fourth-order valence-electron chi connectivity index (χ4n) is 1.51. The summed E-state index contributed by atoms with van der Waals surface area (Å²) in [5.74, 6) is 0. The summed E-state index contributed by atoms with van der Waals surface area (Å²) in [5.41, 5.74) is 1.86. The number of anilines is 1. The molecule has 0 unspecified atom stereocenters. The number of aromatic nitrogens is 3. The van der Waals surface area contributed by atoms with Crippen LogP contribution in [0.25, 0.3) is 0 Å². The minimum Gasteiger partial charge on any atom is -0.378 e. The molecule has 0 aliphatic rings. The molecule has 2 rings (SSSR count). The number of nitrogens with one attached hydrogen (secondary N) is 1. The van der Waals surface area contributed by atoms with E-state index in [2.05, 4.69) is 14.9 Å². The van der Waals surface area contributed by atoms with Crippen LogP contribution in [-0.4, -0.2) is 14.2 Å². The van der Waals surface area contributed by atoms with Crippen molar-refractivity contribution < 1.29 is 0 Å². The third-order valence-corrected chi connectivity index (χ3v) is 2.88. The van der Waals surface area contributed by atoms with Crippen molar-refractivity contribution in [1.29, 1.82) is 0 Å². The lowest BCUT2D eigenvalue weighted by Gasteiger charge is -2.08. The molecule has 0 saturated heterocycles. The van der Waals surface area contributed by atoms with Crippen LogP contribution >= 0.6 is 11.5 Å². The van der Waals surface area contributed by atoms with Crippen molar-refractivity contribution in [1.82, 2.24) is 14.2 Å². The van der Waals surface area contributed by atoms with Gasteiger partial charge in [0, 0.05) is 24.2 Å². The molecule has 0 radical (unpaired) electrons. The molecule has 17 heavy (non-hydrogen) atoms. The molecular formula is C11H14N4OS. The van der Waals surface area contributed by atoms with Crippen molar-refractivity contribution in [3.63, 3.8) is 0 Å². The molecule has 0 aliphatic heterocycles. The summed E-state index contributed by atoms with van der Waals surface area (Å²) in [4.78, 5) is 11.5. The third kappa shape index (κ3) is 3.13. The highest BCUT2D eigenvalue weighted by atomic mass is 32.1. The Morgan fingerprint density at radius 1 is 1.47 bits per heavy atom. The van der Waals surface area contributed by atoms with E-state index in [1.807, 2.05) is 18.5 Å². The molecule has 0 bridgehead atoms. The first-order chi connectivity index (χ1) is 8.29. The standard InChI is InChI=1S/C11H14N4OS/c1-2-5-15-7-9(3-4-11(15)16)12-6-10-8-17-14-13-10/h3-4,7-8,12H,2,5-6H2,1H3. The van der Waals surface area contributed by atoms with Gasteiger partial charge >= 0.3 is 0 Å². The van der Waals surface area contributed by atoms with Gasteiger partial charge in [0.1, 0.15) is 0 Å². The summed E-state index contributed by atoms with van der Waals surface area (Å²) < 4.78 is 5.50. The van der Waals surface area contributed by atoms with Crippen LogP contribution < -0.4 is 10.9 Å². The molecule has 0 spiro atoms. The lowest BCUT2D eigenvalue weighted by Crippen LogP contribution is -2.18. The third-order valence-electron chi connectivity index (χ3n) is 2.33. The Bertz CT molecular complexity index is 521. The first-order valence-electron chi connectivity index (χ1n) is 5.50. The van der Waals surface area contributed by atoms with E-state index in [-0.39, 0.29) is 5.56 Å². The lowest BCUT2D eigenvalue weighted by molar-refractivity contribution is 0.655. The molecule has 2 aromatic heterocycles. The van der Waals surface area contributed by atoms with Crippen LogP contribution in [0.2, 0.25) is 0 Å². The van der Waals surface area contributed by atoms with Gasteiger partial charge in [-0.25, -0.2) is 0 Å². The Kier molecular flexibility index (Phi) is 3.87. The number of hydrogen-bond acceptors (Lipinski definition) is 5. The van der Waals surface area contributed by atoms with Gasteiger partial charge in [0.2, 0.25) is 0 Å². The Morgan fingerprint density at radius 2 is 2.35 bits per heavy atom. The fourth-order valence-corrected chi connectivity index (χ4v) is 1.96. The van der Waals surface area contributed by atoms with Crippen molar-refractivity contribution >= 4 is 17.2 Å². The highest BCUT2D eigenvalue weighted by Crippen LogP contribution is 2.06. The second-order valence-corrected chi connectivity index (χ2v) is 4.31. The maximum Gasteiger partial charge on any atom is 0.250 e. The van der Waals surface area contributed by atoms with Crippen molar-refractivity contribution in [3.05, 3.63) is 39.8 Å². The van der Waals surface area contributed by atoms with Crippen molar-refractivity contribution in [2.75, 3.05) is 5.32 Å². The topological polar surface area (TPSA) is 59.8 Å². The average Bonchev–Trinajstić information content (AvgIpc) is 2.83. The van der Waals surface area contributed by atoms with Crippen LogP contribution in [0, 0.1) is 0 Å². The summed E-state index contributed by atoms with van der Waals surface area (Å²) in [6.45, 7) is 3.42. The predicted molar refractivity (Wildman–Crippen MR) is 68.2 cm³/mol. The van der Waals surface area contributed by atoms with E-state index in [0.717, 1.165) is 24.3 Å². The van der Waals surface area contributed by atoms with Crippen LogP contribution in [0.5, 0.6) is 0 Å². The van der Waals surface area contributed by atoms with Gasteiger partial charge in [0.15, 0.2) is 0 Å². The molecule has 0 amide bonds. The fraction of sp³-hybridized carbons (Fsp3) is 0.364. The van der Waals surface area contributed by atoms with Gasteiger partial charge in [-0.2, -0.15) is 0 Å². The second-order valence-electron chi connectivity index (χ2n) is 3.70. The predicted octanol–water partition coefficient (Wildman–Crippen LogP) is 1.72. The molecule has 90 valence electrons. The number of aryl methyl sites for hydroxylation is 1. The number of hydrogen-bond donors (Lipinski definition) is 1. The van der Waals surface area contributed by atoms with E-state index in [1.54, 1.807) is 16.7 Å². The summed E-state index contributed by atoms with van der Waals surface area (Å²) in [6.07, 6.45) is 2.78. The van der Waals surface area contributed by atoms with E-state index < -0.39 is 0 Å². The van der Waals surface area contributed by atoms with Crippen molar-refractivity contribution in [3.8, 4) is 0 Å². The summed E-state index contributed by atoms with van der Waals surface area (Å²) >= 11 is 1.33. The first kappa shape index (κ1) is 11.8. The van der Waals surface area contributed by atoms with Gasteiger partial charge < -0.3 is 9.88 Å². The van der Waals surface area contributed by atoms with Gasteiger partial charge in [0.05, 0.1) is 17.9 Å². The SMILES string of the molecule is CCCn1cc(NCc2csnn2)ccc1=O. The van der Waals surface area contributed by atoms with Crippen molar-refractivity contribution in [2.24, 2.45) is 0 Å². The summed E-state index contributed by atoms with van der Waals surface area (Å²) in [6, 6.07) is 3.37. The molecule has 2 heterocycles. The quantitative estimate of drug-likeness (QED) is 0.877. The van der Waals surface area contributed by atoms with Crippen LogP contribution in [0.4, 0.5) is 5.69 Å².